The van der Waals surface area contributed by atoms with E-state index in [0.29, 0.717) is 16.6 Å². The highest BCUT2D eigenvalue weighted by Crippen LogP contribution is 2.25. The predicted octanol–water partition coefficient (Wildman–Crippen LogP) is 1.27. The first-order valence-electron chi connectivity index (χ1n) is 6.91. The quantitative estimate of drug-likeness (QED) is 0.809. The van der Waals surface area contributed by atoms with E-state index >= 15 is 0 Å². The molecule has 1 aliphatic heterocycles. The Morgan fingerprint density at radius 2 is 1.95 bits per heavy atom. The van der Waals surface area contributed by atoms with Crippen LogP contribution in [0.2, 0.25) is 0 Å². The van der Waals surface area contributed by atoms with Crippen LogP contribution in [0.15, 0.2) is 24.3 Å². The number of carbonyl (C=O) groups is 1. The Bertz CT molecular complexity index is 693. The Morgan fingerprint density at radius 1 is 1.24 bits per heavy atom. The Kier molecular flexibility index (Phi) is 3.39. The SMILES string of the molecule is CN1CCN(c2cc(C(=O)O)c3cc(N)ccc3n2)CC1. The summed E-state index contributed by atoms with van der Waals surface area (Å²) >= 11 is 0. The van der Waals surface area contributed by atoms with Crippen molar-refractivity contribution in [2.75, 3.05) is 43.9 Å². The minimum Gasteiger partial charge on any atom is -0.478 e. The number of hydrogen-bond acceptors (Lipinski definition) is 5. The molecule has 1 saturated heterocycles. The third kappa shape index (κ3) is 2.62. The second-order valence-electron chi connectivity index (χ2n) is 5.40. The molecule has 1 aliphatic rings. The second-order valence-corrected chi connectivity index (χ2v) is 5.40. The monoisotopic (exact) mass is 286 g/mol. The van der Waals surface area contributed by atoms with Gasteiger partial charge in [0, 0.05) is 37.3 Å². The van der Waals surface area contributed by atoms with Crippen molar-refractivity contribution in [1.29, 1.82) is 0 Å². The van der Waals surface area contributed by atoms with Gasteiger partial charge in [0.2, 0.25) is 0 Å². The number of aromatic nitrogens is 1. The Hall–Kier alpha value is -2.34. The topological polar surface area (TPSA) is 82.7 Å². The number of fused-ring (bicyclic) bond motifs is 1. The number of carboxylic acid groups (broad SMARTS) is 1. The molecule has 0 amide bonds. The first-order valence-corrected chi connectivity index (χ1v) is 6.91. The molecule has 1 fully saturated rings. The third-order valence-corrected chi connectivity index (χ3v) is 3.88. The normalized spacial score (nSPS) is 16.3. The molecule has 1 aromatic carbocycles. The van der Waals surface area contributed by atoms with Crippen LogP contribution < -0.4 is 10.6 Å². The van der Waals surface area contributed by atoms with Crippen LogP contribution in [-0.4, -0.2) is 54.2 Å². The van der Waals surface area contributed by atoms with Crippen molar-refractivity contribution in [2.24, 2.45) is 0 Å². The molecule has 0 bridgehead atoms. The molecule has 110 valence electrons. The van der Waals surface area contributed by atoms with Crippen LogP contribution in [-0.2, 0) is 0 Å². The maximum Gasteiger partial charge on any atom is 0.336 e. The van der Waals surface area contributed by atoms with Crippen LogP contribution in [0, 0.1) is 0 Å². The lowest BCUT2D eigenvalue weighted by Gasteiger charge is -2.33. The number of pyridine rings is 1. The summed E-state index contributed by atoms with van der Waals surface area (Å²) in [4.78, 5) is 20.5. The highest BCUT2D eigenvalue weighted by molar-refractivity contribution is 6.04. The lowest BCUT2D eigenvalue weighted by Crippen LogP contribution is -2.44. The van der Waals surface area contributed by atoms with Gasteiger partial charge in [-0.25, -0.2) is 9.78 Å². The van der Waals surface area contributed by atoms with Gasteiger partial charge in [0.05, 0.1) is 11.1 Å². The molecule has 6 nitrogen and oxygen atoms in total. The summed E-state index contributed by atoms with van der Waals surface area (Å²) in [5.41, 5.74) is 7.21. The molecular weight excluding hydrogens is 268 g/mol. The summed E-state index contributed by atoms with van der Waals surface area (Å²) < 4.78 is 0. The average molecular weight is 286 g/mol. The van der Waals surface area contributed by atoms with E-state index in [4.69, 9.17) is 5.73 Å². The molecule has 0 spiro atoms. The summed E-state index contributed by atoms with van der Waals surface area (Å²) in [5.74, 6) is -0.235. The fraction of sp³-hybridized carbons (Fsp3) is 0.333. The van der Waals surface area contributed by atoms with E-state index in [1.165, 1.54) is 0 Å². The number of likely N-dealkylation sites (N-methyl/N-ethyl adjacent to an activating group) is 1. The van der Waals surface area contributed by atoms with Crippen molar-refractivity contribution < 1.29 is 9.90 Å². The fourth-order valence-electron chi connectivity index (χ4n) is 2.60. The van der Waals surface area contributed by atoms with Crippen molar-refractivity contribution in [1.82, 2.24) is 9.88 Å². The van der Waals surface area contributed by atoms with Crippen LogP contribution >= 0.6 is 0 Å². The zero-order valence-electron chi connectivity index (χ0n) is 11.9. The molecular formula is C15H18N4O2. The first-order chi connectivity index (χ1) is 10.0. The maximum absolute atomic E-state index is 11.5. The Labute approximate surface area is 122 Å². The molecule has 21 heavy (non-hydrogen) atoms. The van der Waals surface area contributed by atoms with Crippen LogP contribution in [0.1, 0.15) is 10.4 Å². The minimum absolute atomic E-state index is 0.251. The summed E-state index contributed by atoms with van der Waals surface area (Å²) in [6.45, 7) is 3.60. The van der Waals surface area contributed by atoms with Crippen molar-refractivity contribution in [3.63, 3.8) is 0 Å². The largest absolute Gasteiger partial charge is 0.478 e. The number of aromatic carboxylic acids is 1. The minimum atomic E-state index is -0.955. The second kappa shape index (κ2) is 5.21. The van der Waals surface area contributed by atoms with Gasteiger partial charge < -0.3 is 20.6 Å². The van der Waals surface area contributed by atoms with Gasteiger partial charge in [-0.3, -0.25) is 0 Å². The molecule has 2 heterocycles. The van der Waals surface area contributed by atoms with E-state index in [-0.39, 0.29) is 5.56 Å². The number of anilines is 2. The van der Waals surface area contributed by atoms with E-state index in [2.05, 4.69) is 21.8 Å². The van der Waals surface area contributed by atoms with Crippen molar-refractivity contribution >= 4 is 28.4 Å². The van der Waals surface area contributed by atoms with Gasteiger partial charge in [0.15, 0.2) is 0 Å². The zero-order chi connectivity index (χ0) is 15.0. The number of piperazine rings is 1. The van der Waals surface area contributed by atoms with E-state index in [1.807, 2.05) is 0 Å². The van der Waals surface area contributed by atoms with Gasteiger partial charge in [-0.1, -0.05) is 0 Å². The molecule has 6 heteroatoms. The number of benzene rings is 1. The number of nitrogen functional groups attached to an aromatic ring is 1. The van der Waals surface area contributed by atoms with E-state index in [1.54, 1.807) is 24.3 Å². The predicted molar refractivity (Wildman–Crippen MR) is 82.8 cm³/mol. The lowest BCUT2D eigenvalue weighted by molar-refractivity contribution is 0.0699. The molecule has 3 rings (SSSR count). The molecule has 0 radical (unpaired) electrons. The summed E-state index contributed by atoms with van der Waals surface area (Å²) in [6, 6.07) is 6.83. The zero-order valence-corrected chi connectivity index (χ0v) is 11.9. The van der Waals surface area contributed by atoms with Gasteiger partial charge in [-0.15, -0.1) is 0 Å². The van der Waals surface area contributed by atoms with Crippen molar-refractivity contribution in [2.45, 2.75) is 0 Å². The molecule has 1 aromatic heterocycles. The lowest BCUT2D eigenvalue weighted by atomic mass is 10.1. The number of hydrogen-bond donors (Lipinski definition) is 2. The van der Waals surface area contributed by atoms with Gasteiger partial charge in [-0.05, 0) is 31.3 Å². The summed E-state index contributed by atoms with van der Waals surface area (Å²) in [5, 5.41) is 10.0. The smallest absolute Gasteiger partial charge is 0.336 e. The van der Waals surface area contributed by atoms with Crippen molar-refractivity contribution in [3.8, 4) is 0 Å². The maximum atomic E-state index is 11.5. The fourth-order valence-corrected chi connectivity index (χ4v) is 2.60. The highest BCUT2D eigenvalue weighted by Gasteiger charge is 2.19. The molecule has 0 aliphatic carbocycles. The molecule has 2 aromatic rings. The average Bonchev–Trinajstić information content (AvgIpc) is 2.46. The molecule has 3 N–H and O–H groups in total. The standard InChI is InChI=1S/C15H18N4O2/c1-18-4-6-19(7-5-18)14-9-12(15(20)21)11-8-10(16)2-3-13(11)17-14/h2-3,8-9H,4-7,16H2,1H3,(H,20,21). The van der Waals surface area contributed by atoms with Gasteiger partial charge in [-0.2, -0.15) is 0 Å². The van der Waals surface area contributed by atoms with Crippen molar-refractivity contribution in [3.05, 3.63) is 29.8 Å². The summed E-state index contributed by atoms with van der Waals surface area (Å²) in [7, 11) is 2.08. The van der Waals surface area contributed by atoms with Crippen LogP contribution in [0.25, 0.3) is 10.9 Å². The van der Waals surface area contributed by atoms with Crippen LogP contribution in [0.4, 0.5) is 11.5 Å². The summed E-state index contributed by atoms with van der Waals surface area (Å²) in [6.07, 6.45) is 0. The van der Waals surface area contributed by atoms with Gasteiger partial charge in [0.25, 0.3) is 0 Å². The van der Waals surface area contributed by atoms with E-state index in [0.717, 1.165) is 32.0 Å². The van der Waals surface area contributed by atoms with Crippen LogP contribution in [0.5, 0.6) is 0 Å². The third-order valence-electron chi connectivity index (χ3n) is 3.88. The molecule has 0 unspecified atom stereocenters. The first kappa shape index (κ1) is 13.6. The molecule has 0 saturated carbocycles. The van der Waals surface area contributed by atoms with E-state index < -0.39 is 5.97 Å². The van der Waals surface area contributed by atoms with Gasteiger partial charge in [0.1, 0.15) is 5.82 Å². The molecule has 0 atom stereocenters. The van der Waals surface area contributed by atoms with Gasteiger partial charge >= 0.3 is 5.97 Å². The number of nitrogens with two attached hydrogens (primary N) is 1. The highest BCUT2D eigenvalue weighted by atomic mass is 16.4. The Balaban J connectivity index is 2.08. The Morgan fingerprint density at radius 3 is 2.62 bits per heavy atom. The number of rotatable bonds is 2. The van der Waals surface area contributed by atoms with Crippen LogP contribution in [0.3, 0.4) is 0 Å². The number of carboxylic acids is 1. The number of nitrogens with zero attached hydrogens (tertiary/aromatic N) is 3. The van der Waals surface area contributed by atoms with E-state index in [9.17, 15) is 9.90 Å².